The van der Waals surface area contributed by atoms with Gasteiger partial charge < -0.3 is 4.90 Å². The zero-order valence-electron chi connectivity index (χ0n) is 15.8. The van der Waals surface area contributed by atoms with Gasteiger partial charge in [0.25, 0.3) is 0 Å². The SMILES string of the molecule is C=CCC=CCCCCCCCCCCCCC(=O)N1CCCC1. The van der Waals surface area contributed by atoms with Crippen molar-refractivity contribution in [2.24, 2.45) is 0 Å². The average molecular weight is 334 g/mol. The van der Waals surface area contributed by atoms with Crippen molar-refractivity contribution in [3.8, 4) is 0 Å². The molecule has 0 aromatic rings. The molecule has 0 N–H and O–H groups in total. The van der Waals surface area contributed by atoms with E-state index in [0.717, 1.165) is 32.4 Å². The number of nitrogens with zero attached hydrogens (tertiary/aromatic N) is 1. The molecule has 0 saturated carbocycles. The third kappa shape index (κ3) is 11.5. The Hall–Kier alpha value is -1.05. The zero-order valence-corrected chi connectivity index (χ0v) is 15.8. The van der Waals surface area contributed by atoms with Gasteiger partial charge in [0, 0.05) is 19.5 Å². The average Bonchev–Trinajstić information content (AvgIpc) is 3.13. The van der Waals surface area contributed by atoms with E-state index in [9.17, 15) is 4.79 Å². The molecular weight excluding hydrogens is 294 g/mol. The first-order chi connectivity index (χ1) is 11.8. The van der Waals surface area contributed by atoms with Crippen molar-refractivity contribution in [3.05, 3.63) is 24.8 Å². The van der Waals surface area contributed by atoms with Crippen LogP contribution in [-0.2, 0) is 4.79 Å². The summed E-state index contributed by atoms with van der Waals surface area (Å²) < 4.78 is 0. The van der Waals surface area contributed by atoms with E-state index in [1.54, 1.807) is 0 Å². The van der Waals surface area contributed by atoms with Gasteiger partial charge in [-0.3, -0.25) is 4.79 Å². The molecule has 0 unspecified atom stereocenters. The minimum Gasteiger partial charge on any atom is -0.343 e. The largest absolute Gasteiger partial charge is 0.343 e. The second kappa shape index (κ2) is 15.5. The Morgan fingerprint density at radius 2 is 1.33 bits per heavy atom. The molecule has 0 atom stereocenters. The Bertz CT molecular complexity index is 342. The number of likely N-dealkylation sites (tertiary alicyclic amines) is 1. The van der Waals surface area contributed by atoms with Gasteiger partial charge in [-0.05, 0) is 38.5 Å². The Morgan fingerprint density at radius 1 is 0.792 bits per heavy atom. The number of carbonyl (C=O) groups excluding carboxylic acids is 1. The van der Waals surface area contributed by atoms with Crippen molar-refractivity contribution in [1.82, 2.24) is 4.90 Å². The maximum atomic E-state index is 11.9. The van der Waals surface area contributed by atoms with Crippen LogP contribution in [0, 0.1) is 0 Å². The number of hydrogen-bond donors (Lipinski definition) is 0. The maximum absolute atomic E-state index is 11.9. The molecule has 138 valence electrons. The fraction of sp³-hybridized carbons (Fsp3) is 0.773. The minimum atomic E-state index is 0.395. The molecule has 0 aromatic carbocycles. The quantitative estimate of drug-likeness (QED) is 0.250. The van der Waals surface area contributed by atoms with Gasteiger partial charge in [0.15, 0.2) is 0 Å². The van der Waals surface area contributed by atoms with Crippen LogP contribution in [0.15, 0.2) is 24.8 Å². The standard InChI is InChI=1S/C22H39NO/c1-2-3-4-5-6-7-8-9-10-11-12-13-14-15-16-19-22(24)23-20-17-18-21-23/h2,4-5H,1,3,6-21H2. The Balaban J connectivity index is 1.74. The molecule has 1 saturated heterocycles. The molecule has 0 radical (unpaired) electrons. The second-order valence-electron chi connectivity index (χ2n) is 7.16. The fourth-order valence-corrected chi connectivity index (χ4v) is 3.39. The van der Waals surface area contributed by atoms with E-state index >= 15 is 0 Å². The van der Waals surface area contributed by atoms with Crippen molar-refractivity contribution in [2.45, 2.75) is 96.3 Å². The van der Waals surface area contributed by atoms with Gasteiger partial charge in [-0.2, -0.15) is 0 Å². The van der Waals surface area contributed by atoms with E-state index in [4.69, 9.17) is 0 Å². The van der Waals surface area contributed by atoms with Crippen molar-refractivity contribution >= 4 is 5.91 Å². The Labute approximate surface area is 150 Å². The summed E-state index contributed by atoms with van der Waals surface area (Å²) in [4.78, 5) is 13.9. The summed E-state index contributed by atoms with van der Waals surface area (Å²) in [6.45, 7) is 5.72. The first-order valence-electron chi connectivity index (χ1n) is 10.4. The van der Waals surface area contributed by atoms with Gasteiger partial charge in [-0.1, -0.05) is 69.6 Å². The third-order valence-electron chi connectivity index (χ3n) is 4.94. The molecular formula is C22H39NO. The monoisotopic (exact) mass is 333 g/mol. The van der Waals surface area contributed by atoms with E-state index in [-0.39, 0.29) is 0 Å². The van der Waals surface area contributed by atoms with Gasteiger partial charge in [0.05, 0.1) is 0 Å². The summed E-state index contributed by atoms with van der Waals surface area (Å²) in [5.74, 6) is 0.395. The molecule has 0 spiro atoms. The molecule has 1 aliphatic rings. The van der Waals surface area contributed by atoms with E-state index in [1.165, 1.54) is 77.0 Å². The molecule has 2 heteroatoms. The third-order valence-corrected chi connectivity index (χ3v) is 4.94. The predicted molar refractivity (Wildman–Crippen MR) is 105 cm³/mol. The zero-order chi connectivity index (χ0) is 17.3. The van der Waals surface area contributed by atoms with Crippen molar-refractivity contribution in [3.63, 3.8) is 0 Å². The number of allylic oxidation sites excluding steroid dienone is 3. The Morgan fingerprint density at radius 3 is 1.92 bits per heavy atom. The highest BCUT2D eigenvalue weighted by Gasteiger charge is 2.16. The van der Waals surface area contributed by atoms with Crippen LogP contribution in [0.25, 0.3) is 0 Å². The predicted octanol–water partition coefficient (Wildman–Crippen LogP) is 6.42. The lowest BCUT2D eigenvalue weighted by Gasteiger charge is -2.14. The summed E-state index contributed by atoms with van der Waals surface area (Å²) in [5, 5.41) is 0. The van der Waals surface area contributed by atoms with E-state index in [0.29, 0.717) is 5.91 Å². The van der Waals surface area contributed by atoms with Crippen LogP contribution in [0.2, 0.25) is 0 Å². The van der Waals surface area contributed by atoms with Gasteiger partial charge in [-0.15, -0.1) is 6.58 Å². The van der Waals surface area contributed by atoms with E-state index in [2.05, 4.69) is 23.6 Å². The van der Waals surface area contributed by atoms with Crippen LogP contribution < -0.4 is 0 Å². The van der Waals surface area contributed by atoms with Gasteiger partial charge in [-0.25, -0.2) is 0 Å². The van der Waals surface area contributed by atoms with Crippen molar-refractivity contribution in [1.29, 1.82) is 0 Å². The number of unbranched alkanes of at least 4 members (excludes halogenated alkanes) is 10. The topological polar surface area (TPSA) is 20.3 Å². The molecule has 1 aliphatic heterocycles. The van der Waals surface area contributed by atoms with E-state index < -0.39 is 0 Å². The normalized spacial score (nSPS) is 14.6. The van der Waals surface area contributed by atoms with Gasteiger partial charge in [0.2, 0.25) is 5.91 Å². The smallest absolute Gasteiger partial charge is 0.222 e. The van der Waals surface area contributed by atoms with Gasteiger partial charge >= 0.3 is 0 Å². The fourth-order valence-electron chi connectivity index (χ4n) is 3.39. The summed E-state index contributed by atoms with van der Waals surface area (Å²) in [6, 6.07) is 0. The number of amides is 1. The lowest BCUT2D eigenvalue weighted by atomic mass is 10.0. The lowest BCUT2D eigenvalue weighted by molar-refractivity contribution is -0.130. The summed E-state index contributed by atoms with van der Waals surface area (Å²) in [6.07, 6.45) is 25.1. The first kappa shape index (κ1) is 21.0. The highest BCUT2D eigenvalue weighted by Crippen LogP contribution is 2.14. The number of carbonyl (C=O) groups is 1. The van der Waals surface area contributed by atoms with Crippen molar-refractivity contribution < 1.29 is 4.79 Å². The molecule has 0 bridgehead atoms. The highest BCUT2D eigenvalue weighted by molar-refractivity contribution is 5.76. The molecule has 1 rings (SSSR count). The molecule has 0 aromatic heterocycles. The number of hydrogen-bond acceptors (Lipinski definition) is 1. The molecule has 1 heterocycles. The Kier molecular flexibility index (Phi) is 13.5. The van der Waals surface area contributed by atoms with Crippen LogP contribution >= 0.6 is 0 Å². The molecule has 24 heavy (non-hydrogen) atoms. The maximum Gasteiger partial charge on any atom is 0.222 e. The van der Waals surface area contributed by atoms with Gasteiger partial charge in [0.1, 0.15) is 0 Å². The molecule has 1 fully saturated rings. The lowest BCUT2D eigenvalue weighted by Crippen LogP contribution is -2.27. The number of rotatable bonds is 15. The summed E-state index contributed by atoms with van der Waals surface area (Å²) >= 11 is 0. The van der Waals surface area contributed by atoms with Crippen LogP contribution in [-0.4, -0.2) is 23.9 Å². The van der Waals surface area contributed by atoms with Crippen LogP contribution in [0.4, 0.5) is 0 Å². The van der Waals surface area contributed by atoms with Crippen LogP contribution in [0.3, 0.4) is 0 Å². The first-order valence-corrected chi connectivity index (χ1v) is 10.4. The summed E-state index contributed by atoms with van der Waals surface area (Å²) in [7, 11) is 0. The second-order valence-corrected chi connectivity index (χ2v) is 7.16. The molecule has 2 nitrogen and oxygen atoms in total. The van der Waals surface area contributed by atoms with Crippen molar-refractivity contribution in [2.75, 3.05) is 13.1 Å². The molecule has 1 amide bonds. The molecule has 0 aliphatic carbocycles. The highest BCUT2D eigenvalue weighted by atomic mass is 16.2. The van der Waals surface area contributed by atoms with Crippen LogP contribution in [0.1, 0.15) is 96.3 Å². The minimum absolute atomic E-state index is 0.395. The summed E-state index contributed by atoms with van der Waals surface area (Å²) in [5.41, 5.74) is 0. The van der Waals surface area contributed by atoms with Crippen LogP contribution in [0.5, 0.6) is 0 Å². The van der Waals surface area contributed by atoms with E-state index in [1.807, 2.05) is 6.08 Å².